The SMILES string of the molecule is CCCNCCNc1ccc(F)cc1[N+](=O)[O-]. The van der Waals surface area contributed by atoms with Gasteiger partial charge in [0.05, 0.1) is 11.0 Å². The fourth-order valence-corrected chi connectivity index (χ4v) is 1.39. The Kier molecular flexibility index (Phi) is 5.35. The van der Waals surface area contributed by atoms with E-state index in [1.165, 1.54) is 12.1 Å². The van der Waals surface area contributed by atoms with E-state index in [4.69, 9.17) is 0 Å². The molecule has 0 bridgehead atoms. The topological polar surface area (TPSA) is 67.2 Å². The summed E-state index contributed by atoms with van der Waals surface area (Å²) in [6.45, 7) is 4.24. The summed E-state index contributed by atoms with van der Waals surface area (Å²) in [6.07, 6.45) is 1.04. The van der Waals surface area contributed by atoms with Crippen LogP contribution in [0.25, 0.3) is 0 Å². The molecule has 0 aliphatic rings. The van der Waals surface area contributed by atoms with E-state index in [9.17, 15) is 14.5 Å². The molecule has 0 aliphatic carbocycles. The highest BCUT2D eigenvalue weighted by molar-refractivity contribution is 5.61. The lowest BCUT2D eigenvalue weighted by Crippen LogP contribution is -2.22. The lowest BCUT2D eigenvalue weighted by Gasteiger charge is -2.07. The number of hydrogen-bond acceptors (Lipinski definition) is 4. The van der Waals surface area contributed by atoms with E-state index in [1.807, 2.05) is 0 Å². The molecule has 0 unspecified atom stereocenters. The van der Waals surface area contributed by atoms with Crippen LogP contribution in [0, 0.1) is 15.9 Å². The zero-order valence-electron chi connectivity index (χ0n) is 9.70. The molecular formula is C11H16FN3O2. The molecule has 0 radical (unpaired) electrons. The van der Waals surface area contributed by atoms with Gasteiger partial charge in [-0.3, -0.25) is 10.1 Å². The minimum Gasteiger partial charge on any atom is -0.378 e. The molecule has 5 nitrogen and oxygen atoms in total. The van der Waals surface area contributed by atoms with Crippen molar-refractivity contribution in [3.05, 3.63) is 34.1 Å². The van der Waals surface area contributed by atoms with E-state index >= 15 is 0 Å². The molecule has 2 N–H and O–H groups in total. The Balaban J connectivity index is 2.55. The third kappa shape index (κ3) is 4.36. The summed E-state index contributed by atoms with van der Waals surface area (Å²) in [6, 6.07) is 3.50. The number of nitro benzene ring substituents is 1. The first kappa shape index (κ1) is 13.4. The maximum atomic E-state index is 12.9. The first-order valence-corrected chi connectivity index (χ1v) is 5.53. The minimum absolute atomic E-state index is 0.236. The molecule has 1 rings (SSSR count). The van der Waals surface area contributed by atoms with Crippen LogP contribution in [0.5, 0.6) is 0 Å². The second-order valence-corrected chi connectivity index (χ2v) is 3.60. The fourth-order valence-electron chi connectivity index (χ4n) is 1.39. The van der Waals surface area contributed by atoms with Crippen LogP contribution in [-0.2, 0) is 0 Å². The van der Waals surface area contributed by atoms with E-state index < -0.39 is 10.7 Å². The van der Waals surface area contributed by atoms with Gasteiger partial charge in [0.15, 0.2) is 0 Å². The summed E-state index contributed by atoms with van der Waals surface area (Å²) >= 11 is 0. The number of nitrogens with one attached hydrogen (secondary N) is 2. The molecule has 0 amide bonds. The van der Waals surface area contributed by atoms with Crippen molar-refractivity contribution in [2.24, 2.45) is 0 Å². The number of anilines is 1. The summed E-state index contributed by atoms with van der Waals surface area (Å²) in [4.78, 5) is 10.1. The van der Waals surface area contributed by atoms with Gasteiger partial charge in [0.1, 0.15) is 11.5 Å². The average Bonchev–Trinajstić information content (AvgIpc) is 2.30. The summed E-state index contributed by atoms with van der Waals surface area (Å²) < 4.78 is 12.9. The van der Waals surface area contributed by atoms with Crippen LogP contribution in [0.3, 0.4) is 0 Å². The Morgan fingerprint density at radius 1 is 1.35 bits per heavy atom. The van der Waals surface area contributed by atoms with Gasteiger partial charge in [-0.15, -0.1) is 0 Å². The monoisotopic (exact) mass is 241 g/mol. The first-order chi connectivity index (χ1) is 8.15. The van der Waals surface area contributed by atoms with E-state index in [2.05, 4.69) is 17.6 Å². The number of hydrogen-bond donors (Lipinski definition) is 2. The maximum Gasteiger partial charge on any atom is 0.295 e. The Labute approximate surface area is 99.2 Å². The van der Waals surface area contributed by atoms with Crippen LogP contribution in [-0.4, -0.2) is 24.6 Å². The molecule has 0 fully saturated rings. The van der Waals surface area contributed by atoms with Gasteiger partial charge in [0.25, 0.3) is 5.69 Å². The summed E-state index contributed by atoms with van der Waals surface area (Å²) in [5, 5.41) is 16.8. The second-order valence-electron chi connectivity index (χ2n) is 3.60. The molecule has 0 atom stereocenters. The molecule has 1 aromatic rings. The molecular weight excluding hydrogens is 225 g/mol. The van der Waals surface area contributed by atoms with Gasteiger partial charge >= 0.3 is 0 Å². The molecule has 0 aliphatic heterocycles. The van der Waals surface area contributed by atoms with Crippen molar-refractivity contribution in [1.82, 2.24) is 5.32 Å². The van der Waals surface area contributed by atoms with Crippen molar-refractivity contribution in [2.45, 2.75) is 13.3 Å². The van der Waals surface area contributed by atoms with E-state index in [0.717, 1.165) is 19.0 Å². The molecule has 94 valence electrons. The van der Waals surface area contributed by atoms with E-state index in [0.29, 0.717) is 18.8 Å². The normalized spacial score (nSPS) is 10.2. The fraction of sp³-hybridized carbons (Fsp3) is 0.455. The van der Waals surface area contributed by atoms with E-state index in [1.54, 1.807) is 0 Å². The summed E-state index contributed by atoms with van der Waals surface area (Å²) in [7, 11) is 0. The average molecular weight is 241 g/mol. The smallest absolute Gasteiger partial charge is 0.295 e. The molecule has 0 aromatic heterocycles. The predicted molar refractivity (Wildman–Crippen MR) is 64.7 cm³/mol. The largest absolute Gasteiger partial charge is 0.378 e. The predicted octanol–water partition coefficient (Wildman–Crippen LogP) is 2.15. The Hall–Kier alpha value is -1.69. The Bertz CT molecular complexity index is 385. The Morgan fingerprint density at radius 3 is 2.76 bits per heavy atom. The van der Waals surface area contributed by atoms with Gasteiger partial charge in [-0.2, -0.15) is 0 Å². The number of benzene rings is 1. The van der Waals surface area contributed by atoms with Gasteiger partial charge in [-0.25, -0.2) is 4.39 Å². The highest BCUT2D eigenvalue weighted by Crippen LogP contribution is 2.24. The van der Waals surface area contributed by atoms with Gasteiger partial charge < -0.3 is 10.6 Å². The molecule has 1 aromatic carbocycles. The molecule has 0 saturated heterocycles. The van der Waals surface area contributed by atoms with Crippen molar-refractivity contribution in [3.8, 4) is 0 Å². The number of rotatable bonds is 7. The highest BCUT2D eigenvalue weighted by atomic mass is 19.1. The number of halogens is 1. The van der Waals surface area contributed by atoms with Crippen molar-refractivity contribution in [2.75, 3.05) is 25.0 Å². The molecule has 0 spiro atoms. The third-order valence-electron chi connectivity index (χ3n) is 2.20. The van der Waals surface area contributed by atoms with E-state index in [-0.39, 0.29) is 5.69 Å². The van der Waals surface area contributed by atoms with Crippen molar-refractivity contribution < 1.29 is 9.31 Å². The maximum absolute atomic E-state index is 12.9. The van der Waals surface area contributed by atoms with Crippen LogP contribution in [0.15, 0.2) is 18.2 Å². The third-order valence-corrected chi connectivity index (χ3v) is 2.20. The van der Waals surface area contributed by atoms with Crippen LogP contribution in [0.4, 0.5) is 15.8 Å². The van der Waals surface area contributed by atoms with Crippen LogP contribution in [0.2, 0.25) is 0 Å². The van der Waals surface area contributed by atoms with Crippen molar-refractivity contribution >= 4 is 11.4 Å². The molecule has 0 heterocycles. The van der Waals surface area contributed by atoms with Gasteiger partial charge in [0, 0.05) is 13.1 Å². The van der Waals surface area contributed by atoms with Crippen LogP contribution >= 0.6 is 0 Å². The lowest BCUT2D eigenvalue weighted by atomic mass is 10.2. The zero-order chi connectivity index (χ0) is 12.7. The van der Waals surface area contributed by atoms with Gasteiger partial charge in [-0.05, 0) is 25.1 Å². The van der Waals surface area contributed by atoms with Crippen molar-refractivity contribution in [3.63, 3.8) is 0 Å². The summed E-state index contributed by atoms with van der Waals surface area (Å²) in [5.74, 6) is -0.605. The Morgan fingerprint density at radius 2 is 2.12 bits per heavy atom. The number of nitro groups is 1. The quantitative estimate of drug-likeness (QED) is 0.436. The van der Waals surface area contributed by atoms with Crippen molar-refractivity contribution in [1.29, 1.82) is 0 Å². The van der Waals surface area contributed by atoms with Gasteiger partial charge in [0.2, 0.25) is 0 Å². The number of nitrogens with zero attached hydrogens (tertiary/aromatic N) is 1. The standard InChI is InChI=1S/C11H16FN3O2/c1-2-5-13-6-7-14-10-4-3-9(12)8-11(10)15(16)17/h3-4,8,13-14H,2,5-7H2,1H3. The minimum atomic E-state index is -0.605. The van der Waals surface area contributed by atoms with Gasteiger partial charge in [-0.1, -0.05) is 6.92 Å². The molecule has 6 heteroatoms. The first-order valence-electron chi connectivity index (χ1n) is 5.53. The van der Waals surface area contributed by atoms with Crippen LogP contribution < -0.4 is 10.6 Å². The molecule has 17 heavy (non-hydrogen) atoms. The zero-order valence-corrected chi connectivity index (χ0v) is 9.70. The molecule has 0 saturated carbocycles. The highest BCUT2D eigenvalue weighted by Gasteiger charge is 2.13. The lowest BCUT2D eigenvalue weighted by molar-refractivity contribution is -0.384. The van der Waals surface area contributed by atoms with Crippen LogP contribution in [0.1, 0.15) is 13.3 Å². The summed E-state index contributed by atoms with van der Waals surface area (Å²) in [5.41, 5.74) is 0.107. The second kappa shape index (κ2) is 6.80.